The Balaban J connectivity index is 0. The Morgan fingerprint density at radius 1 is 1.38 bits per heavy atom. The molecule has 74 valence electrons. The van der Waals surface area contributed by atoms with Gasteiger partial charge in [-0.15, -0.1) is 0 Å². The number of unbranched alkanes of at least 4 members (excludes halogenated alkanes) is 1. The summed E-state index contributed by atoms with van der Waals surface area (Å²) in [6.45, 7) is 4.51. The standard InChI is InChI=1S/C6H7.C4H9.2ClH.Hf/c1-6-4-2-3-5-6;1-3-4-2;;;/h4-5H,2H2,1H3;1,3-4H2,2H3;2*1H;/q;;;;+2/p-2. The topological polar surface area (TPSA) is 0 Å². The van der Waals surface area contributed by atoms with E-state index < -0.39 is 0 Å². The van der Waals surface area contributed by atoms with Crippen LogP contribution in [0.5, 0.6) is 0 Å². The molecule has 0 spiro atoms. The molecule has 0 aliphatic heterocycles. The molecule has 0 saturated heterocycles. The minimum atomic E-state index is -0.313. The summed E-state index contributed by atoms with van der Waals surface area (Å²) in [5.74, 6) is 0. The molecular weight excluding hydrogens is 370 g/mol. The van der Waals surface area contributed by atoms with Crippen LogP contribution >= 0.6 is 0 Å². The zero-order chi connectivity index (χ0) is 8.10. The van der Waals surface area contributed by atoms with Gasteiger partial charge in [-0.1, -0.05) is 0 Å². The molecule has 0 aromatic rings. The summed E-state index contributed by atoms with van der Waals surface area (Å²) in [6.07, 6.45) is 8.96. The van der Waals surface area contributed by atoms with Crippen molar-refractivity contribution < 1.29 is 47.7 Å². The molecule has 0 nitrogen and oxygen atoms in total. The summed E-state index contributed by atoms with van der Waals surface area (Å²) in [6, 6.07) is 0. The van der Waals surface area contributed by atoms with Crippen molar-refractivity contribution >= 4 is 0 Å². The molecule has 0 atom stereocenters. The zero-order valence-corrected chi connectivity index (χ0v) is 13.3. The van der Waals surface area contributed by atoms with Gasteiger partial charge in [0.05, 0.1) is 0 Å². The number of hydrogen-bond acceptors (Lipinski definition) is 0. The van der Waals surface area contributed by atoms with Gasteiger partial charge in [-0.05, 0) is 0 Å². The summed E-state index contributed by atoms with van der Waals surface area (Å²) in [4.78, 5) is 0. The van der Waals surface area contributed by atoms with Crippen molar-refractivity contribution in [2.24, 2.45) is 0 Å². The normalized spacial score (nSPS) is 13.4. The maximum Gasteiger partial charge on any atom is -1.00 e. The van der Waals surface area contributed by atoms with Crippen LogP contribution in [0.1, 0.15) is 33.1 Å². The number of halogens is 2. The minimum Gasteiger partial charge on any atom is -1.00 e. The number of hydrogen-bond donors (Lipinski definition) is 0. The van der Waals surface area contributed by atoms with Crippen LogP contribution in [-0.4, -0.2) is 0 Å². The maximum absolute atomic E-state index is 2.43. The third-order valence-electron chi connectivity index (χ3n) is 1.93. The second kappa shape index (κ2) is 9.48. The van der Waals surface area contributed by atoms with Crippen molar-refractivity contribution in [3.05, 3.63) is 21.1 Å². The molecule has 1 aliphatic rings. The smallest absolute Gasteiger partial charge is 1.00 e. The number of rotatable bonds is 4. The Bertz CT molecular complexity index is 185. The predicted octanol–water partition coefficient (Wildman–Crippen LogP) is -2.47. The molecule has 0 aromatic heterocycles. The summed E-state index contributed by atoms with van der Waals surface area (Å²) in [7, 11) is 0. The van der Waals surface area contributed by atoms with E-state index in [9.17, 15) is 0 Å². The van der Waals surface area contributed by atoms with Crippen molar-refractivity contribution in [1.82, 2.24) is 0 Å². The molecule has 0 aromatic carbocycles. The van der Waals surface area contributed by atoms with Crippen molar-refractivity contribution in [2.75, 3.05) is 0 Å². The zero-order valence-electron chi connectivity index (χ0n) is 8.24. The van der Waals surface area contributed by atoms with Gasteiger partial charge >= 0.3 is 81.2 Å². The van der Waals surface area contributed by atoms with Gasteiger partial charge in [0, 0.05) is 0 Å². The molecule has 13 heavy (non-hydrogen) atoms. The van der Waals surface area contributed by atoms with E-state index in [2.05, 4.69) is 26.0 Å². The Morgan fingerprint density at radius 2 is 2.08 bits per heavy atom. The van der Waals surface area contributed by atoms with E-state index in [1.807, 2.05) is 3.33 Å². The van der Waals surface area contributed by atoms with Crippen LogP contribution in [0.15, 0.2) is 21.1 Å². The van der Waals surface area contributed by atoms with E-state index in [0.717, 1.165) is 0 Å². The SMILES string of the molecule is CCC[CH2][Hf+2][C]1=CC(C)=CC1.[Cl-].[Cl-]. The fourth-order valence-corrected chi connectivity index (χ4v) is 6.34. The molecule has 1 aliphatic carbocycles. The molecule has 0 N–H and O–H groups in total. The first-order valence-electron chi connectivity index (χ1n) is 4.44. The van der Waals surface area contributed by atoms with Gasteiger partial charge in [0.2, 0.25) is 0 Å². The van der Waals surface area contributed by atoms with E-state index in [1.54, 1.807) is 4.18 Å². The van der Waals surface area contributed by atoms with Crippen LogP contribution < -0.4 is 24.8 Å². The molecule has 0 heterocycles. The van der Waals surface area contributed by atoms with Gasteiger partial charge in [0.15, 0.2) is 0 Å². The maximum atomic E-state index is 2.43. The minimum absolute atomic E-state index is 0. The predicted molar refractivity (Wildman–Crippen MR) is 46.2 cm³/mol. The van der Waals surface area contributed by atoms with Crippen LogP contribution in [0.3, 0.4) is 0 Å². The molecular formula is C10H16Cl2Hf. The quantitative estimate of drug-likeness (QED) is 0.372. The average molecular weight is 386 g/mol. The van der Waals surface area contributed by atoms with Gasteiger partial charge in [-0.2, -0.15) is 0 Å². The first kappa shape index (κ1) is 16.4. The van der Waals surface area contributed by atoms with Crippen molar-refractivity contribution in [3.8, 4) is 0 Å². The van der Waals surface area contributed by atoms with Crippen LogP contribution in [0.25, 0.3) is 0 Å². The molecule has 0 amide bonds. The summed E-state index contributed by atoms with van der Waals surface area (Å²) in [5.41, 5.74) is 1.50. The number of allylic oxidation sites excluding steroid dienone is 4. The monoisotopic (exact) mass is 386 g/mol. The van der Waals surface area contributed by atoms with E-state index in [0.29, 0.717) is 0 Å². The van der Waals surface area contributed by atoms with Gasteiger partial charge in [-0.3, -0.25) is 0 Å². The van der Waals surface area contributed by atoms with Crippen molar-refractivity contribution in [2.45, 2.75) is 37.3 Å². The average Bonchev–Trinajstić information content (AvgIpc) is 2.37. The summed E-state index contributed by atoms with van der Waals surface area (Å²) in [5, 5.41) is 0. The van der Waals surface area contributed by atoms with Crippen LogP contribution in [0.4, 0.5) is 0 Å². The molecule has 0 fully saturated rings. The van der Waals surface area contributed by atoms with E-state index in [-0.39, 0.29) is 47.7 Å². The van der Waals surface area contributed by atoms with Gasteiger partial charge < -0.3 is 24.8 Å². The second-order valence-electron chi connectivity index (χ2n) is 3.10. The van der Waals surface area contributed by atoms with Crippen LogP contribution in [-0.2, 0) is 22.9 Å². The fourth-order valence-electron chi connectivity index (χ4n) is 1.21. The van der Waals surface area contributed by atoms with E-state index >= 15 is 0 Å². The Morgan fingerprint density at radius 3 is 2.54 bits per heavy atom. The largest absolute Gasteiger partial charge is 1.00 e. The summed E-state index contributed by atoms with van der Waals surface area (Å²) < 4.78 is 3.40. The molecule has 0 saturated carbocycles. The molecule has 3 heteroatoms. The Hall–Kier alpha value is 0.930. The van der Waals surface area contributed by atoms with Gasteiger partial charge in [-0.25, -0.2) is 0 Å². The van der Waals surface area contributed by atoms with Crippen LogP contribution in [0, 0.1) is 0 Å². The third kappa shape index (κ3) is 6.93. The molecule has 0 unspecified atom stereocenters. The fraction of sp³-hybridized carbons (Fsp3) is 0.600. The van der Waals surface area contributed by atoms with E-state index in [4.69, 9.17) is 0 Å². The third-order valence-corrected chi connectivity index (χ3v) is 6.98. The van der Waals surface area contributed by atoms with Crippen molar-refractivity contribution in [1.29, 1.82) is 0 Å². The van der Waals surface area contributed by atoms with Crippen molar-refractivity contribution in [3.63, 3.8) is 0 Å². The van der Waals surface area contributed by atoms with Gasteiger partial charge in [0.1, 0.15) is 0 Å². The Kier molecular flexibility index (Phi) is 11.9. The first-order valence-corrected chi connectivity index (χ1v) is 8.78. The second-order valence-corrected chi connectivity index (χ2v) is 8.48. The summed E-state index contributed by atoms with van der Waals surface area (Å²) >= 11 is -0.313. The first-order chi connectivity index (χ1) is 5.33. The molecule has 0 radical (unpaired) electrons. The molecule has 1 rings (SSSR count). The van der Waals surface area contributed by atoms with E-state index in [1.165, 1.54) is 24.8 Å². The Labute approximate surface area is 105 Å². The van der Waals surface area contributed by atoms with Gasteiger partial charge in [0.25, 0.3) is 0 Å². The van der Waals surface area contributed by atoms with Crippen LogP contribution in [0.2, 0.25) is 4.18 Å². The molecule has 0 bridgehead atoms.